The molecular weight excluding hydrogens is 184 g/mol. The van der Waals surface area contributed by atoms with E-state index in [2.05, 4.69) is 24.2 Å². The molecular formula is C6H6NTc. The summed E-state index contributed by atoms with van der Waals surface area (Å²) in [5.74, 6) is 0. The molecule has 2 heteroatoms. The molecule has 0 saturated heterocycles. The fourth-order valence-corrected chi connectivity index (χ4v) is 0.769. The van der Waals surface area contributed by atoms with Gasteiger partial charge in [-0.2, -0.15) is 0 Å². The molecule has 0 aliphatic carbocycles. The average Bonchev–Trinajstić information content (AvgIpc) is 1.94. The van der Waals surface area contributed by atoms with Crippen LogP contribution in [-0.2, 0) is 18.9 Å². The molecule has 1 aliphatic heterocycles. The molecule has 0 aromatic rings. The second-order valence-electron chi connectivity index (χ2n) is 1.40. The summed E-state index contributed by atoms with van der Waals surface area (Å²) in [6.45, 7) is 0. The van der Waals surface area contributed by atoms with Gasteiger partial charge in [0.1, 0.15) is 0 Å². The van der Waals surface area contributed by atoms with E-state index in [1.165, 1.54) is 0 Å². The van der Waals surface area contributed by atoms with Crippen LogP contribution in [0.2, 0.25) is 0 Å². The molecule has 0 aromatic carbocycles. The van der Waals surface area contributed by atoms with Gasteiger partial charge >= 0.3 is 58.9 Å². The van der Waals surface area contributed by atoms with Crippen molar-refractivity contribution in [3.63, 3.8) is 0 Å². The maximum absolute atomic E-state index is 3.05. The van der Waals surface area contributed by atoms with Gasteiger partial charge in [-0.25, -0.2) is 0 Å². The van der Waals surface area contributed by atoms with Crippen LogP contribution in [0, 0.1) is 0 Å². The monoisotopic (exact) mass is 189 g/mol. The van der Waals surface area contributed by atoms with Gasteiger partial charge in [-0.05, 0) is 0 Å². The van der Waals surface area contributed by atoms with Crippen molar-refractivity contribution in [3.05, 3.63) is 34.7 Å². The number of allylic oxidation sites excluding steroid dienone is 4. The summed E-state index contributed by atoms with van der Waals surface area (Å²) in [6, 6.07) is 0. The molecule has 0 amide bonds. The van der Waals surface area contributed by atoms with Crippen molar-refractivity contribution in [1.29, 1.82) is 0 Å². The molecule has 0 atom stereocenters. The number of nitrogens with one attached hydrogen (secondary N) is 1. The van der Waals surface area contributed by atoms with E-state index in [9.17, 15) is 0 Å². The van der Waals surface area contributed by atoms with Gasteiger partial charge in [-0.1, -0.05) is 0 Å². The Morgan fingerprint density at radius 3 is 3.00 bits per heavy atom. The molecule has 0 unspecified atom stereocenters. The Morgan fingerprint density at radius 2 is 2.12 bits per heavy atom. The summed E-state index contributed by atoms with van der Waals surface area (Å²) in [4.78, 5) is 0. The van der Waals surface area contributed by atoms with Crippen molar-refractivity contribution in [3.8, 4) is 0 Å². The van der Waals surface area contributed by atoms with Gasteiger partial charge < -0.3 is 0 Å². The molecule has 0 aromatic heterocycles. The quantitative estimate of drug-likeness (QED) is 0.602. The predicted octanol–water partition coefficient (Wildman–Crippen LogP) is 1.05. The van der Waals surface area contributed by atoms with E-state index in [4.69, 9.17) is 0 Å². The Kier molecular flexibility index (Phi) is 2.07. The summed E-state index contributed by atoms with van der Waals surface area (Å²) >= 11 is 2.23. The molecule has 42 valence electrons. The Bertz CT molecular complexity index is 156. The third-order valence-electron chi connectivity index (χ3n) is 0.782. The number of hydrogen-bond donors (Lipinski definition) is 1. The third-order valence-corrected chi connectivity index (χ3v) is 1.36. The Morgan fingerprint density at radius 1 is 1.25 bits per heavy atom. The Labute approximate surface area is 59.3 Å². The van der Waals surface area contributed by atoms with Gasteiger partial charge in [0.05, 0.1) is 0 Å². The molecule has 8 heavy (non-hydrogen) atoms. The molecule has 0 spiro atoms. The van der Waals surface area contributed by atoms with Gasteiger partial charge in [0, 0.05) is 0 Å². The summed E-state index contributed by atoms with van der Waals surface area (Å²) in [5, 5.41) is 3.05. The van der Waals surface area contributed by atoms with Crippen LogP contribution in [0.3, 0.4) is 0 Å². The molecule has 0 fully saturated rings. The standard InChI is InChI=1S/C6H6N.Tc/c1-2-4-6-7-5-3-1;/h1-5,7H;. The van der Waals surface area contributed by atoms with Gasteiger partial charge in [0.2, 0.25) is 0 Å². The SMILES string of the molecule is [Tc][C]1=CC=CC=CN1. The van der Waals surface area contributed by atoms with Gasteiger partial charge in [-0.15, -0.1) is 0 Å². The first-order valence-electron chi connectivity index (χ1n) is 2.35. The topological polar surface area (TPSA) is 12.0 Å². The predicted molar refractivity (Wildman–Crippen MR) is 29.5 cm³/mol. The molecule has 1 nitrogen and oxygen atoms in total. The van der Waals surface area contributed by atoms with Crippen LogP contribution < -0.4 is 5.32 Å². The van der Waals surface area contributed by atoms with Crippen molar-refractivity contribution in [2.24, 2.45) is 0 Å². The Balaban J connectivity index is 2.69. The fourth-order valence-electron chi connectivity index (χ4n) is 0.436. The van der Waals surface area contributed by atoms with Crippen molar-refractivity contribution in [2.45, 2.75) is 0 Å². The van der Waals surface area contributed by atoms with E-state index in [1.807, 2.05) is 30.5 Å². The summed E-state index contributed by atoms with van der Waals surface area (Å²) in [7, 11) is 0. The number of hydrogen-bond acceptors (Lipinski definition) is 1. The van der Waals surface area contributed by atoms with Crippen LogP contribution in [0.1, 0.15) is 0 Å². The third kappa shape index (κ3) is 1.64. The second-order valence-corrected chi connectivity index (χ2v) is 2.40. The van der Waals surface area contributed by atoms with E-state index in [-0.39, 0.29) is 0 Å². The van der Waals surface area contributed by atoms with Crippen molar-refractivity contribution >= 4 is 0 Å². The van der Waals surface area contributed by atoms with Crippen LogP contribution in [0.25, 0.3) is 0 Å². The molecule has 0 bridgehead atoms. The van der Waals surface area contributed by atoms with Gasteiger partial charge in [-0.3, -0.25) is 0 Å². The first-order valence-corrected chi connectivity index (χ1v) is 3.28. The van der Waals surface area contributed by atoms with E-state index in [0.29, 0.717) is 0 Å². The van der Waals surface area contributed by atoms with E-state index >= 15 is 0 Å². The zero-order valence-corrected chi connectivity index (χ0v) is 6.12. The van der Waals surface area contributed by atoms with Crippen LogP contribution in [0.4, 0.5) is 0 Å². The molecule has 0 radical (unpaired) electrons. The van der Waals surface area contributed by atoms with Gasteiger partial charge in [0.15, 0.2) is 0 Å². The van der Waals surface area contributed by atoms with Crippen molar-refractivity contribution < 1.29 is 18.9 Å². The summed E-state index contributed by atoms with van der Waals surface area (Å²) in [6.07, 6.45) is 9.86. The molecule has 1 N–H and O–H groups in total. The zero-order chi connectivity index (χ0) is 5.82. The summed E-state index contributed by atoms with van der Waals surface area (Å²) < 4.78 is 1.15. The molecule has 0 saturated carbocycles. The van der Waals surface area contributed by atoms with E-state index in [1.54, 1.807) is 0 Å². The van der Waals surface area contributed by atoms with E-state index < -0.39 is 0 Å². The molecule has 1 aliphatic rings. The number of rotatable bonds is 0. The van der Waals surface area contributed by atoms with E-state index in [0.717, 1.165) is 4.21 Å². The van der Waals surface area contributed by atoms with Crippen LogP contribution in [-0.4, -0.2) is 0 Å². The van der Waals surface area contributed by atoms with Crippen molar-refractivity contribution in [2.75, 3.05) is 0 Å². The first-order chi connectivity index (χ1) is 3.89. The molecule has 1 heterocycles. The van der Waals surface area contributed by atoms with Gasteiger partial charge in [0.25, 0.3) is 0 Å². The zero-order valence-electron chi connectivity index (χ0n) is 4.26. The maximum atomic E-state index is 3.05. The second kappa shape index (κ2) is 2.85. The fraction of sp³-hybridized carbons (Fsp3) is 0. The minimum atomic E-state index is 1.15. The first kappa shape index (κ1) is 5.80. The average molecular weight is 190 g/mol. The van der Waals surface area contributed by atoms with Crippen LogP contribution in [0.5, 0.6) is 0 Å². The molecule has 1 rings (SSSR count). The van der Waals surface area contributed by atoms with Crippen LogP contribution in [0.15, 0.2) is 34.7 Å². The minimum absolute atomic E-state index is 1.15. The normalized spacial score (nSPS) is 16.9. The Hall–Kier alpha value is -0.331. The van der Waals surface area contributed by atoms with Crippen LogP contribution >= 0.6 is 0 Å². The summed E-state index contributed by atoms with van der Waals surface area (Å²) in [5.41, 5.74) is 0. The van der Waals surface area contributed by atoms with Crippen molar-refractivity contribution in [1.82, 2.24) is 5.32 Å².